The first kappa shape index (κ1) is 18.2. The number of nitrogens with zero attached hydrogens (tertiary/aromatic N) is 3. The van der Waals surface area contributed by atoms with Crippen LogP contribution >= 0.6 is 11.3 Å². The highest BCUT2D eigenvalue weighted by molar-refractivity contribution is 7.21. The molecule has 3 aliphatic rings. The molecular formula is C21H28N4O2S. The predicted molar refractivity (Wildman–Crippen MR) is 113 cm³/mol. The molecule has 150 valence electrons. The number of hydrogen-bond donors (Lipinski definition) is 1. The number of hydrogen-bond acceptors (Lipinski definition) is 6. The fourth-order valence-corrected chi connectivity index (χ4v) is 5.84. The normalized spacial score (nSPS) is 21.5. The van der Waals surface area contributed by atoms with E-state index in [0.29, 0.717) is 17.2 Å². The first-order valence-electron chi connectivity index (χ1n) is 10.4. The number of aromatic nitrogens is 1. The van der Waals surface area contributed by atoms with E-state index in [1.165, 1.54) is 35.3 Å². The van der Waals surface area contributed by atoms with Gasteiger partial charge >= 0.3 is 0 Å². The zero-order valence-corrected chi connectivity index (χ0v) is 17.5. The predicted octanol–water partition coefficient (Wildman–Crippen LogP) is 3.57. The molecule has 2 saturated heterocycles. The van der Waals surface area contributed by atoms with E-state index < -0.39 is 0 Å². The Morgan fingerprint density at radius 2 is 1.79 bits per heavy atom. The van der Waals surface area contributed by atoms with E-state index in [0.717, 1.165) is 61.5 Å². The van der Waals surface area contributed by atoms with Crippen molar-refractivity contribution < 1.29 is 9.53 Å². The molecule has 0 saturated carbocycles. The SMILES string of the molecule is CC1(C)Cc2c(c(N3CCCC3)nc3sc(C(=O)N4CCCC4)c(N)c23)CO1. The molecule has 2 aromatic heterocycles. The fraction of sp³-hybridized carbons (Fsp3) is 0.619. The summed E-state index contributed by atoms with van der Waals surface area (Å²) in [6.45, 7) is 8.54. The highest BCUT2D eigenvalue weighted by Gasteiger charge is 2.34. The average Bonchev–Trinajstić information content (AvgIpc) is 3.41. The highest BCUT2D eigenvalue weighted by atomic mass is 32.1. The summed E-state index contributed by atoms with van der Waals surface area (Å²) in [7, 11) is 0. The molecule has 0 unspecified atom stereocenters. The second kappa shape index (κ2) is 6.59. The number of thiophene rings is 1. The van der Waals surface area contributed by atoms with Gasteiger partial charge in [-0.3, -0.25) is 4.79 Å². The van der Waals surface area contributed by atoms with Gasteiger partial charge in [-0.15, -0.1) is 11.3 Å². The fourth-order valence-electron chi connectivity index (χ4n) is 4.76. The van der Waals surface area contributed by atoms with Gasteiger partial charge in [0.05, 0.1) is 17.9 Å². The number of carbonyl (C=O) groups is 1. The van der Waals surface area contributed by atoms with Crippen LogP contribution in [0.15, 0.2) is 0 Å². The Morgan fingerprint density at radius 3 is 2.50 bits per heavy atom. The minimum atomic E-state index is -0.239. The Hall–Kier alpha value is -1.86. The molecule has 6 nitrogen and oxygen atoms in total. The van der Waals surface area contributed by atoms with Crippen LogP contribution in [0.25, 0.3) is 10.2 Å². The maximum absolute atomic E-state index is 13.1. The van der Waals surface area contributed by atoms with Gasteiger partial charge in [0.25, 0.3) is 5.91 Å². The Kier molecular flexibility index (Phi) is 4.28. The lowest BCUT2D eigenvalue weighted by Crippen LogP contribution is -2.34. The second-order valence-electron chi connectivity index (χ2n) is 8.84. The summed E-state index contributed by atoms with van der Waals surface area (Å²) >= 11 is 1.47. The lowest BCUT2D eigenvalue weighted by atomic mass is 9.90. The minimum Gasteiger partial charge on any atom is -0.397 e. The minimum absolute atomic E-state index is 0.0702. The summed E-state index contributed by atoms with van der Waals surface area (Å²) in [5, 5.41) is 0.988. The van der Waals surface area contributed by atoms with Crippen molar-refractivity contribution in [2.75, 3.05) is 36.8 Å². The van der Waals surface area contributed by atoms with E-state index in [1.807, 2.05) is 4.90 Å². The van der Waals surface area contributed by atoms with E-state index in [4.69, 9.17) is 15.5 Å². The van der Waals surface area contributed by atoms with Crippen LogP contribution in [0.1, 0.15) is 60.3 Å². The summed E-state index contributed by atoms with van der Waals surface area (Å²) in [5.74, 6) is 1.11. The van der Waals surface area contributed by atoms with Crippen molar-refractivity contribution in [3.05, 3.63) is 16.0 Å². The summed E-state index contributed by atoms with van der Waals surface area (Å²) in [5.41, 5.74) is 9.37. The van der Waals surface area contributed by atoms with E-state index in [1.54, 1.807) is 0 Å². The maximum atomic E-state index is 13.1. The van der Waals surface area contributed by atoms with Gasteiger partial charge in [0.1, 0.15) is 15.5 Å². The summed E-state index contributed by atoms with van der Waals surface area (Å²) in [6, 6.07) is 0. The van der Waals surface area contributed by atoms with Crippen molar-refractivity contribution in [3.8, 4) is 0 Å². The van der Waals surface area contributed by atoms with Crippen molar-refractivity contribution in [1.29, 1.82) is 0 Å². The van der Waals surface area contributed by atoms with Gasteiger partial charge in [0.2, 0.25) is 0 Å². The Morgan fingerprint density at radius 1 is 1.11 bits per heavy atom. The maximum Gasteiger partial charge on any atom is 0.266 e. The molecule has 0 atom stereocenters. The summed E-state index contributed by atoms with van der Waals surface area (Å²) in [6.07, 6.45) is 5.35. The molecule has 0 bridgehead atoms. The summed E-state index contributed by atoms with van der Waals surface area (Å²) < 4.78 is 6.14. The highest BCUT2D eigenvalue weighted by Crippen LogP contribution is 2.44. The van der Waals surface area contributed by atoms with E-state index in [9.17, 15) is 4.79 Å². The van der Waals surface area contributed by atoms with Crippen molar-refractivity contribution in [2.24, 2.45) is 0 Å². The number of anilines is 2. The summed E-state index contributed by atoms with van der Waals surface area (Å²) in [4.78, 5) is 24.0. The van der Waals surface area contributed by atoms with Crippen molar-refractivity contribution in [2.45, 2.75) is 58.2 Å². The Labute approximate surface area is 169 Å². The largest absolute Gasteiger partial charge is 0.397 e. The van der Waals surface area contributed by atoms with Gasteiger partial charge in [-0.2, -0.15) is 0 Å². The molecule has 0 aliphatic carbocycles. The molecular weight excluding hydrogens is 372 g/mol. The first-order valence-corrected chi connectivity index (χ1v) is 11.2. The molecule has 3 aliphatic heterocycles. The molecule has 5 heterocycles. The monoisotopic (exact) mass is 400 g/mol. The van der Waals surface area contributed by atoms with Gasteiger partial charge in [-0.25, -0.2) is 4.98 Å². The van der Waals surface area contributed by atoms with Gasteiger partial charge in [-0.1, -0.05) is 0 Å². The number of nitrogen functional groups attached to an aromatic ring is 1. The molecule has 7 heteroatoms. The van der Waals surface area contributed by atoms with Gasteiger partial charge < -0.3 is 20.3 Å². The lowest BCUT2D eigenvalue weighted by molar-refractivity contribution is -0.0395. The van der Waals surface area contributed by atoms with Crippen LogP contribution in [0, 0.1) is 0 Å². The lowest BCUT2D eigenvalue weighted by Gasteiger charge is -2.34. The zero-order chi connectivity index (χ0) is 19.5. The van der Waals surface area contributed by atoms with E-state index in [-0.39, 0.29) is 11.5 Å². The molecule has 0 radical (unpaired) electrons. The van der Waals surface area contributed by atoms with Crippen LogP contribution in [-0.4, -0.2) is 47.6 Å². The number of likely N-dealkylation sites (tertiary alicyclic amines) is 1. The third-order valence-electron chi connectivity index (χ3n) is 6.27. The number of carbonyl (C=O) groups excluding carboxylic acids is 1. The van der Waals surface area contributed by atoms with Crippen LogP contribution in [0.3, 0.4) is 0 Å². The number of rotatable bonds is 2. The van der Waals surface area contributed by atoms with Gasteiger partial charge in [-0.05, 0) is 45.1 Å². The van der Waals surface area contributed by atoms with Crippen molar-refractivity contribution in [1.82, 2.24) is 9.88 Å². The quantitative estimate of drug-likeness (QED) is 0.834. The topological polar surface area (TPSA) is 71.7 Å². The number of fused-ring (bicyclic) bond motifs is 3. The van der Waals surface area contributed by atoms with E-state index >= 15 is 0 Å². The first-order chi connectivity index (χ1) is 13.4. The standard InChI is InChI=1S/C21H28N4O2S/c1-21(2)11-13-14(12-27-21)18(24-7-3-4-8-24)23-19-15(13)16(22)17(28-19)20(26)25-9-5-6-10-25/h3-12,22H2,1-2H3. The molecule has 5 rings (SSSR count). The number of ether oxygens (including phenoxy) is 1. The third-order valence-corrected chi connectivity index (χ3v) is 7.36. The van der Waals surface area contributed by atoms with Crippen LogP contribution < -0.4 is 10.6 Å². The van der Waals surface area contributed by atoms with Crippen LogP contribution in [0.5, 0.6) is 0 Å². The van der Waals surface area contributed by atoms with Crippen LogP contribution in [0.4, 0.5) is 11.5 Å². The molecule has 0 aromatic carbocycles. The van der Waals surface area contributed by atoms with E-state index in [2.05, 4.69) is 18.7 Å². The number of nitrogens with two attached hydrogens (primary N) is 1. The molecule has 2 aromatic rings. The van der Waals surface area contributed by atoms with Gasteiger partial charge in [0, 0.05) is 43.5 Å². The number of pyridine rings is 1. The molecule has 0 spiro atoms. The third kappa shape index (κ3) is 2.87. The van der Waals surface area contributed by atoms with Crippen LogP contribution in [-0.2, 0) is 17.8 Å². The Bertz CT molecular complexity index is 940. The molecule has 1 amide bonds. The molecule has 28 heavy (non-hydrogen) atoms. The average molecular weight is 401 g/mol. The van der Waals surface area contributed by atoms with Crippen LogP contribution in [0.2, 0.25) is 0 Å². The molecule has 2 fully saturated rings. The zero-order valence-electron chi connectivity index (χ0n) is 16.7. The van der Waals surface area contributed by atoms with Crippen molar-refractivity contribution >= 4 is 39.0 Å². The van der Waals surface area contributed by atoms with Crippen molar-refractivity contribution in [3.63, 3.8) is 0 Å². The Balaban J connectivity index is 1.68. The molecule has 2 N–H and O–H groups in total. The smallest absolute Gasteiger partial charge is 0.266 e. The number of amides is 1. The van der Waals surface area contributed by atoms with Gasteiger partial charge in [0.15, 0.2) is 0 Å². The second-order valence-corrected chi connectivity index (χ2v) is 9.84.